The molecule has 0 bridgehead atoms. The Balaban J connectivity index is 1.88. The van der Waals surface area contributed by atoms with E-state index in [1.807, 2.05) is 30.3 Å². The predicted molar refractivity (Wildman–Crippen MR) is 89.1 cm³/mol. The molecule has 24 heavy (non-hydrogen) atoms. The number of rotatable bonds is 6. The molecule has 0 spiro atoms. The summed E-state index contributed by atoms with van der Waals surface area (Å²) < 4.78 is 0. The molecular formula is C18H24N2O4. The van der Waals surface area contributed by atoms with Crippen LogP contribution in [0.3, 0.4) is 0 Å². The molecule has 1 unspecified atom stereocenters. The number of amides is 2. The lowest BCUT2D eigenvalue weighted by Gasteiger charge is -2.31. The van der Waals surface area contributed by atoms with Gasteiger partial charge in [0.25, 0.3) is 0 Å². The molecule has 130 valence electrons. The third-order valence-corrected chi connectivity index (χ3v) is 4.38. The Kier molecular flexibility index (Phi) is 6.35. The van der Waals surface area contributed by atoms with Crippen LogP contribution in [-0.4, -0.2) is 52.3 Å². The van der Waals surface area contributed by atoms with Crippen molar-refractivity contribution in [3.63, 3.8) is 0 Å². The Morgan fingerprint density at radius 2 is 1.96 bits per heavy atom. The molecule has 1 atom stereocenters. The second-order valence-corrected chi connectivity index (χ2v) is 6.19. The Morgan fingerprint density at radius 1 is 1.25 bits per heavy atom. The van der Waals surface area contributed by atoms with Crippen molar-refractivity contribution in [2.45, 2.75) is 32.7 Å². The van der Waals surface area contributed by atoms with Crippen molar-refractivity contribution in [3.8, 4) is 0 Å². The van der Waals surface area contributed by atoms with Crippen LogP contribution in [0, 0.1) is 5.92 Å². The van der Waals surface area contributed by atoms with Gasteiger partial charge in [-0.05, 0) is 18.4 Å². The second-order valence-electron chi connectivity index (χ2n) is 6.19. The zero-order valence-corrected chi connectivity index (χ0v) is 14.0. The van der Waals surface area contributed by atoms with E-state index in [0.717, 1.165) is 5.56 Å². The molecule has 1 heterocycles. The quantitative estimate of drug-likeness (QED) is 0.861. The van der Waals surface area contributed by atoms with Crippen LogP contribution in [0.4, 0.5) is 0 Å². The fraction of sp³-hybridized carbons (Fsp3) is 0.500. The van der Waals surface area contributed by atoms with E-state index in [1.54, 1.807) is 9.80 Å². The smallest absolute Gasteiger partial charge is 0.308 e. The first-order chi connectivity index (χ1) is 11.5. The van der Waals surface area contributed by atoms with Gasteiger partial charge >= 0.3 is 5.97 Å². The molecule has 1 fully saturated rings. The predicted octanol–water partition coefficient (Wildman–Crippen LogP) is 1.75. The van der Waals surface area contributed by atoms with E-state index in [1.165, 1.54) is 6.92 Å². The number of carbonyl (C=O) groups excluding carboxylic acids is 2. The molecule has 1 aromatic rings. The first-order valence-corrected chi connectivity index (χ1v) is 8.27. The summed E-state index contributed by atoms with van der Waals surface area (Å²) in [6.45, 7) is 3.18. The number of aliphatic carboxylic acids is 1. The Morgan fingerprint density at radius 3 is 2.58 bits per heavy atom. The molecule has 2 rings (SSSR count). The molecule has 1 aliphatic heterocycles. The lowest BCUT2D eigenvalue weighted by Crippen LogP contribution is -2.43. The average molecular weight is 332 g/mol. The summed E-state index contributed by atoms with van der Waals surface area (Å²) >= 11 is 0. The lowest BCUT2D eigenvalue weighted by molar-refractivity contribution is -0.145. The minimum atomic E-state index is -0.845. The molecule has 1 N–H and O–H groups in total. The van der Waals surface area contributed by atoms with Crippen molar-refractivity contribution in [2.75, 3.05) is 19.6 Å². The number of hydrogen-bond donors (Lipinski definition) is 1. The number of carbonyl (C=O) groups is 3. The van der Waals surface area contributed by atoms with Crippen LogP contribution in [0.2, 0.25) is 0 Å². The standard InChI is InChI=1S/C18H24N2O4/c1-14(21)19(12-15-6-3-2-4-7-15)11-9-17(22)20-10-5-8-16(13-20)18(23)24/h2-4,6-7,16H,5,8-13H2,1H3,(H,23,24). The molecule has 1 aliphatic rings. The van der Waals surface area contributed by atoms with Crippen LogP contribution in [0.5, 0.6) is 0 Å². The summed E-state index contributed by atoms with van der Waals surface area (Å²) in [4.78, 5) is 38.5. The number of likely N-dealkylation sites (tertiary alicyclic amines) is 1. The monoisotopic (exact) mass is 332 g/mol. The van der Waals surface area contributed by atoms with Crippen molar-refractivity contribution < 1.29 is 19.5 Å². The summed E-state index contributed by atoms with van der Waals surface area (Å²) in [5.41, 5.74) is 1.02. The second kappa shape index (κ2) is 8.47. The summed E-state index contributed by atoms with van der Waals surface area (Å²) in [5.74, 6) is -1.48. The van der Waals surface area contributed by atoms with Crippen LogP contribution in [0.15, 0.2) is 30.3 Å². The van der Waals surface area contributed by atoms with Gasteiger partial charge in [0.1, 0.15) is 0 Å². The minimum Gasteiger partial charge on any atom is -0.481 e. The maximum absolute atomic E-state index is 12.3. The van der Waals surface area contributed by atoms with E-state index in [4.69, 9.17) is 5.11 Å². The van der Waals surface area contributed by atoms with Crippen molar-refractivity contribution in [2.24, 2.45) is 5.92 Å². The van der Waals surface area contributed by atoms with Crippen LogP contribution in [-0.2, 0) is 20.9 Å². The highest BCUT2D eigenvalue weighted by Gasteiger charge is 2.28. The van der Waals surface area contributed by atoms with Gasteiger partial charge in [-0.2, -0.15) is 0 Å². The largest absolute Gasteiger partial charge is 0.481 e. The summed E-state index contributed by atoms with van der Waals surface area (Å²) in [5, 5.41) is 9.10. The molecule has 0 aliphatic carbocycles. The van der Waals surface area contributed by atoms with Crippen LogP contribution < -0.4 is 0 Å². The molecule has 0 saturated carbocycles. The summed E-state index contributed by atoms with van der Waals surface area (Å²) in [6, 6.07) is 9.64. The number of hydrogen-bond acceptors (Lipinski definition) is 3. The van der Waals surface area contributed by atoms with E-state index in [-0.39, 0.29) is 24.8 Å². The van der Waals surface area contributed by atoms with Gasteiger partial charge in [0.05, 0.1) is 5.92 Å². The van der Waals surface area contributed by atoms with E-state index in [0.29, 0.717) is 32.5 Å². The number of nitrogens with zero attached hydrogens (tertiary/aromatic N) is 2. The number of carboxylic acids is 1. The first-order valence-electron chi connectivity index (χ1n) is 8.27. The van der Waals surface area contributed by atoms with Crippen molar-refractivity contribution in [3.05, 3.63) is 35.9 Å². The number of carboxylic acid groups (broad SMARTS) is 1. The third-order valence-electron chi connectivity index (χ3n) is 4.38. The molecular weight excluding hydrogens is 308 g/mol. The molecule has 6 nitrogen and oxygen atoms in total. The Hall–Kier alpha value is -2.37. The molecule has 0 radical (unpaired) electrons. The van der Waals surface area contributed by atoms with Gasteiger partial charge in [-0.1, -0.05) is 30.3 Å². The molecule has 0 aromatic heterocycles. The lowest BCUT2D eigenvalue weighted by atomic mass is 9.98. The highest BCUT2D eigenvalue weighted by Crippen LogP contribution is 2.17. The van der Waals surface area contributed by atoms with Gasteiger partial charge in [-0.15, -0.1) is 0 Å². The maximum Gasteiger partial charge on any atom is 0.308 e. The minimum absolute atomic E-state index is 0.0753. The Bertz CT molecular complexity index is 588. The SMILES string of the molecule is CC(=O)N(CCC(=O)N1CCCC(C(=O)O)C1)Cc1ccccc1. The van der Waals surface area contributed by atoms with Gasteiger partial charge < -0.3 is 14.9 Å². The molecule has 1 aromatic carbocycles. The normalized spacial score (nSPS) is 17.4. The van der Waals surface area contributed by atoms with Gasteiger partial charge in [-0.3, -0.25) is 14.4 Å². The first kappa shape index (κ1) is 18.0. The van der Waals surface area contributed by atoms with E-state index in [9.17, 15) is 14.4 Å². The van der Waals surface area contributed by atoms with Gasteiger partial charge in [0, 0.05) is 39.5 Å². The van der Waals surface area contributed by atoms with E-state index < -0.39 is 11.9 Å². The number of benzene rings is 1. The molecule has 1 saturated heterocycles. The van der Waals surface area contributed by atoms with E-state index in [2.05, 4.69) is 0 Å². The van der Waals surface area contributed by atoms with Crippen LogP contribution in [0.25, 0.3) is 0 Å². The van der Waals surface area contributed by atoms with Gasteiger partial charge in [0.2, 0.25) is 11.8 Å². The van der Waals surface area contributed by atoms with Crippen molar-refractivity contribution in [1.82, 2.24) is 9.80 Å². The van der Waals surface area contributed by atoms with Crippen molar-refractivity contribution >= 4 is 17.8 Å². The molecule has 2 amide bonds. The van der Waals surface area contributed by atoms with Gasteiger partial charge in [0.15, 0.2) is 0 Å². The summed E-state index contributed by atoms with van der Waals surface area (Å²) in [6.07, 6.45) is 1.55. The van der Waals surface area contributed by atoms with Gasteiger partial charge in [-0.25, -0.2) is 0 Å². The fourth-order valence-corrected chi connectivity index (χ4v) is 2.95. The van der Waals surface area contributed by atoms with E-state index >= 15 is 0 Å². The highest BCUT2D eigenvalue weighted by atomic mass is 16.4. The van der Waals surface area contributed by atoms with Crippen molar-refractivity contribution in [1.29, 1.82) is 0 Å². The Labute approximate surface area is 142 Å². The topological polar surface area (TPSA) is 77.9 Å². The maximum atomic E-state index is 12.3. The van der Waals surface area contributed by atoms with Crippen LogP contribution in [0.1, 0.15) is 31.7 Å². The zero-order valence-electron chi connectivity index (χ0n) is 14.0. The molecule has 6 heteroatoms. The number of piperidine rings is 1. The third kappa shape index (κ3) is 5.08. The highest BCUT2D eigenvalue weighted by molar-refractivity contribution is 5.79. The average Bonchev–Trinajstić information content (AvgIpc) is 2.59. The fourth-order valence-electron chi connectivity index (χ4n) is 2.95. The zero-order chi connectivity index (χ0) is 17.5. The van der Waals surface area contributed by atoms with Crippen LogP contribution >= 0.6 is 0 Å². The summed E-state index contributed by atoms with van der Waals surface area (Å²) in [7, 11) is 0.